The summed E-state index contributed by atoms with van der Waals surface area (Å²) >= 11 is 5.96. The number of esters is 1. The van der Waals surface area contributed by atoms with Gasteiger partial charge in [-0.15, -0.1) is 0 Å². The summed E-state index contributed by atoms with van der Waals surface area (Å²) in [6.45, 7) is 1.87. The molecule has 0 saturated carbocycles. The number of ketones is 2. The first-order valence-electron chi connectivity index (χ1n) is 7.09. The van der Waals surface area contributed by atoms with Crippen molar-refractivity contribution in [3.63, 3.8) is 0 Å². The van der Waals surface area contributed by atoms with Crippen molar-refractivity contribution in [3.8, 4) is 11.5 Å². The summed E-state index contributed by atoms with van der Waals surface area (Å²) < 4.78 is 9.96. The Morgan fingerprint density at radius 3 is 2.21 bits per heavy atom. The molecule has 2 aromatic carbocycles. The van der Waals surface area contributed by atoms with Crippen LogP contribution in [0, 0.1) is 6.92 Å². The van der Waals surface area contributed by atoms with Crippen LogP contribution < -0.4 is 4.74 Å². The van der Waals surface area contributed by atoms with E-state index in [1.165, 1.54) is 12.1 Å². The van der Waals surface area contributed by atoms with Crippen LogP contribution in [-0.2, 0) is 14.3 Å². The quantitative estimate of drug-likeness (QED) is 0.345. The number of ether oxygens (including phenoxy) is 2. The molecule has 0 radical (unpaired) electrons. The molecule has 0 aromatic heterocycles. The van der Waals surface area contributed by atoms with Gasteiger partial charge >= 0.3 is 5.97 Å². The Labute approximate surface area is 144 Å². The van der Waals surface area contributed by atoms with E-state index in [0.29, 0.717) is 22.1 Å². The average Bonchev–Trinajstić information content (AvgIpc) is 2.58. The number of methoxy groups -OCH3 is 1. The second kappa shape index (κ2) is 7.75. The zero-order valence-corrected chi connectivity index (χ0v) is 13.9. The van der Waals surface area contributed by atoms with Crippen LogP contribution in [-0.4, -0.2) is 24.6 Å². The number of Topliss-reactive ketones (excluding diaryl/α,β-unsaturated/α-hetero) is 2. The van der Waals surface area contributed by atoms with E-state index in [4.69, 9.17) is 16.3 Å². The van der Waals surface area contributed by atoms with Crippen LogP contribution in [0.5, 0.6) is 11.5 Å². The van der Waals surface area contributed by atoms with Gasteiger partial charge in [-0.05, 0) is 55.0 Å². The summed E-state index contributed by atoms with van der Waals surface area (Å²) in [5.41, 5.74) is 1.20. The lowest BCUT2D eigenvalue weighted by Gasteiger charge is -2.08. The Kier molecular flexibility index (Phi) is 5.71. The molecule has 0 N–H and O–H groups in total. The number of carbonyl (C=O) groups excluding carboxylic acids is 3. The topological polar surface area (TPSA) is 69.7 Å². The van der Waals surface area contributed by atoms with Gasteiger partial charge in [-0.2, -0.15) is 0 Å². The van der Waals surface area contributed by atoms with Crippen LogP contribution in [0.4, 0.5) is 0 Å². The second-order valence-electron chi connectivity index (χ2n) is 5.05. The third-order valence-electron chi connectivity index (χ3n) is 3.28. The second-order valence-corrected chi connectivity index (χ2v) is 5.46. The summed E-state index contributed by atoms with van der Waals surface area (Å²) in [5.74, 6) is -1.20. The molecule has 0 heterocycles. The van der Waals surface area contributed by atoms with E-state index >= 15 is 0 Å². The summed E-state index contributed by atoms with van der Waals surface area (Å²) in [6.07, 6.45) is -0.525. The predicted molar refractivity (Wildman–Crippen MR) is 88.7 cm³/mol. The van der Waals surface area contributed by atoms with E-state index in [2.05, 4.69) is 4.74 Å². The zero-order valence-electron chi connectivity index (χ0n) is 13.2. The number of hydrogen-bond donors (Lipinski definition) is 0. The van der Waals surface area contributed by atoms with Gasteiger partial charge in [0.05, 0.1) is 13.5 Å². The highest BCUT2D eigenvalue weighted by atomic mass is 35.5. The van der Waals surface area contributed by atoms with E-state index in [-0.39, 0.29) is 0 Å². The monoisotopic (exact) mass is 346 g/mol. The van der Waals surface area contributed by atoms with Gasteiger partial charge in [0.1, 0.15) is 11.5 Å². The molecule has 2 rings (SSSR count). The standard InChI is InChI=1S/C18H15ClO5/c1-11-9-14(7-8-15(11)19)24-13-5-3-12(4-6-13)16(20)10-17(21)18(22)23-2/h3-9H,10H2,1-2H3. The minimum atomic E-state index is -1.03. The van der Waals surface area contributed by atoms with Gasteiger partial charge in [0, 0.05) is 10.6 Å². The average molecular weight is 347 g/mol. The Balaban J connectivity index is 2.04. The van der Waals surface area contributed by atoms with Crippen molar-refractivity contribution in [2.45, 2.75) is 13.3 Å². The van der Waals surface area contributed by atoms with E-state index in [1.807, 2.05) is 6.92 Å². The van der Waals surface area contributed by atoms with Gasteiger partial charge in [-0.25, -0.2) is 4.79 Å². The highest BCUT2D eigenvalue weighted by Gasteiger charge is 2.19. The van der Waals surface area contributed by atoms with Crippen LogP contribution >= 0.6 is 11.6 Å². The lowest BCUT2D eigenvalue weighted by atomic mass is 10.1. The van der Waals surface area contributed by atoms with Crippen molar-refractivity contribution < 1.29 is 23.9 Å². The number of benzene rings is 2. The molecule has 0 aliphatic heterocycles. The van der Waals surface area contributed by atoms with Crippen molar-refractivity contribution >= 4 is 29.1 Å². The van der Waals surface area contributed by atoms with Crippen LogP contribution in [0.2, 0.25) is 5.02 Å². The van der Waals surface area contributed by atoms with Gasteiger partial charge in [-0.1, -0.05) is 11.6 Å². The number of carbonyl (C=O) groups is 3. The Hall–Kier alpha value is -2.66. The molecule has 5 nitrogen and oxygen atoms in total. The number of hydrogen-bond acceptors (Lipinski definition) is 5. The normalized spacial score (nSPS) is 10.1. The third-order valence-corrected chi connectivity index (χ3v) is 3.70. The molecule has 6 heteroatoms. The van der Waals surface area contributed by atoms with E-state index in [9.17, 15) is 14.4 Å². The Bertz CT molecular complexity index is 780. The van der Waals surface area contributed by atoms with Gasteiger partial charge in [0.25, 0.3) is 0 Å². The number of rotatable bonds is 6. The molecular weight excluding hydrogens is 332 g/mol. The number of aryl methyl sites for hydroxylation is 1. The van der Waals surface area contributed by atoms with Crippen LogP contribution in [0.1, 0.15) is 22.3 Å². The lowest BCUT2D eigenvalue weighted by molar-refractivity contribution is -0.151. The highest BCUT2D eigenvalue weighted by Crippen LogP contribution is 2.26. The molecule has 0 unspecified atom stereocenters. The first kappa shape index (κ1) is 17.7. The molecule has 0 spiro atoms. The maximum atomic E-state index is 11.9. The van der Waals surface area contributed by atoms with Gasteiger partial charge in [0.2, 0.25) is 5.78 Å². The molecule has 0 bridgehead atoms. The van der Waals surface area contributed by atoms with Gasteiger partial charge in [0.15, 0.2) is 5.78 Å². The molecule has 0 aliphatic carbocycles. The lowest BCUT2D eigenvalue weighted by Crippen LogP contribution is -2.19. The first-order chi connectivity index (χ1) is 11.4. The SMILES string of the molecule is COC(=O)C(=O)CC(=O)c1ccc(Oc2ccc(Cl)c(C)c2)cc1. The van der Waals surface area contributed by atoms with Crippen LogP contribution in [0.3, 0.4) is 0 Å². The molecule has 0 aliphatic rings. The Morgan fingerprint density at radius 2 is 1.62 bits per heavy atom. The molecule has 24 heavy (non-hydrogen) atoms. The highest BCUT2D eigenvalue weighted by molar-refractivity contribution is 6.38. The van der Waals surface area contributed by atoms with Gasteiger partial charge < -0.3 is 9.47 Å². The predicted octanol–water partition coefficient (Wildman–Crippen LogP) is 3.76. The van der Waals surface area contributed by atoms with E-state index < -0.39 is 24.0 Å². The van der Waals surface area contributed by atoms with Crippen LogP contribution in [0.25, 0.3) is 0 Å². The molecule has 0 amide bonds. The molecule has 0 saturated heterocycles. The molecule has 124 valence electrons. The zero-order chi connectivity index (χ0) is 17.7. The van der Waals surface area contributed by atoms with Crippen molar-refractivity contribution in [1.82, 2.24) is 0 Å². The van der Waals surface area contributed by atoms with Crippen molar-refractivity contribution in [2.24, 2.45) is 0 Å². The van der Waals surface area contributed by atoms with Crippen LogP contribution in [0.15, 0.2) is 42.5 Å². The summed E-state index contributed by atoms with van der Waals surface area (Å²) in [7, 11) is 1.09. The summed E-state index contributed by atoms with van der Waals surface area (Å²) in [5, 5.41) is 0.651. The maximum Gasteiger partial charge on any atom is 0.374 e. The molecule has 2 aromatic rings. The summed E-state index contributed by atoms with van der Waals surface area (Å²) in [6, 6.07) is 11.6. The molecule has 0 atom stereocenters. The van der Waals surface area contributed by atoms with Gasteiger partial charge in [-0.3, -0.25) is 9.59 Å². The van der Waals surface area contributed by atoms with Crippen molar-refractivity contribution in [2.75, 3.05) is 7.11 Å². The fraction of sp³-hybridized carbons (Fsp3) is 0.167. The van der Waals surface area contributed by atoms with Crippen molar-refractivity contribution in [1.29, 1.82) is 0 Å². The smallest absolute Gasteiger partial charge is 0.374 e. The fourth-order valence-electron chi connectivity index (χ4n) is 1.96. The number of halogens is 1. The molecular formula is C18H15ClO5. The van der Waals surface area contributed by atoms with E-state index in [1.54, 1.807) is 30.3 Å². The fourth-order valence-corrected chi connectivity index (χ4v) is 2.08. The molecule has 0 fully saturated rings. The van der Waals surface area contributed by atoms with E-state index in [0.717, 1.165) is 12.7 Å². The minimum absolute atomic E-state index is 0.312. The maximum absolute atomic E-state index is 11.9. The largest absolute Gasteiger partial charge is 0.463 e. The first-order valence-corrected chi connectivity index (χ1v) is 7.47. The summed E-state index contributed by atoms with van der Waals surface area (Å²) in [4.78, 5) is 34.4. The third kappa shape index (κ3) is 4.43. The Morgan fingerprint density at radius 1 is 1.00 bits per heavy atom. The minimum Gasteiger partial charge on any atom is -0.463 e. The van der Waals surface area contributed by atoms with Crippen molar-refractivity contribution in [3.05, 3.63) is 58.6 Å².